The maximum Gasteiger partial charge on any atom is 0.276 e. The summed E-state index contributed by atoms with van der Waals surface area (Å²) >= 11 is 0. The number of hydrogen-bond donors (Lipinski definition) is 1. The maximum atomic E-state index is 12.0. The van der Waals surface area contributed by atoms with Crippen LogP contribution in [-0.2, 0) is 11.2 Å². The zero-order chi connectivity index (χ0) is 21.8. The zero-order valence-electron chi connectivity index (χ0n) is 17.8. The van der Waals surface area contributed by atoms with Gasteiger partial charge in [0.05, 0.1) is 24.3 Å². The quantitative estimate of drug-likeness (QED) is 0.592. The van der Waals surface area contributed by atoms with Crippen LogP contribution in [0.25, 0.3) is 0 Å². The third-order valence-corrected chi connectivity index (χ3v) is 6.16. The van der Waals surface area contributed by atoms with E-state index in [-0.39, 0.29) is 6.10 Å². The number of piperazine rings is 1. The number of benzene rings is 2. The van der Waals surface area contributed by atoms with Crippen molar-refractivity contribution in [1.82, 2.24) is 9.96 Å². The first-order valence-corrected chi connectivity index (χ1v) is 10.7. The molecule has 1 saturated heterocycles. The molecule has 1 atom stereocenters. The third-order valence-electron chi connectivity index (χ3n) is 6.16. The van der Waals surface area contributed by atoms with Crippen molar-refractivity contribution < 1.29 is 14.7 Å². The number of ether oxygens (including phenoxy) is 1. The molecular formula is C24H28N4O3. The molecular weight excluding hydrogens is 392 g/mol. The molecule has 1 fully saturated rings. The molecule has 2 aliphatic rings. The van der Waals surface area contributed by atoms with Crippen LogP contribution in [0.5, 0.6) is 0 Å². The molecule has 2 aromatic rings. The van der Waals surface area contributed by atoms with E-state index in [1.54, 1.807) is 6.07 Å². The molecule has 0 unspecified atom stereocenters. The summed E-state index contributed by atoms with van der Waals surface area (Å²) in [6, 6.07) is 15.6. The average molecular weight is 421 g/mol. The van der Waals surface area contributed by atoms with Crippen molar-refractivity contribution in [3.8, 4) is 6.07 Å². The number of carbonyl (C=O) groups is 1. The second-order valence-electron chi connectivity index (χ2n) is 8.13. The van der Waals surface area contributed by atoms with Crippen LogP contribution in [0.15, 0.2) is 42.5 Å². The Kier molecular flexibility index (Phi) is 6.52. The molecule has 0 aliphatic carbocycles. The fourth-order valence-electron chi connectivity index (χ4n) is 4.37. The predicted molar refractivity (Wildman–Crippen MR) is 117 cm³/mol. The largest absolute Gasteiger partial charge is 0.373 e. The van der Waals surface area contributed by atoms with Crippen LogP contribution in [0, 0.1) is 11.3 Å². The van der Waals surface area contributed by atoms with Crippen molar-refractivity contribution in [2.24, 2.45) is 0 Å². The highest BCUT2D eigenvalue weighted by Gasteiger charge is 2.24. The van der Waals surface area contributed by atoms with Gasteiger partial charge in [0.25, 0.3) is 5.91 Å². The number of rotatable bonds is 5. The minimum absolute atomic E-state index is 0.0383. The van der Waals surface area contributed by atoms with Crippen molar-refractivity contribution in [1.29, 1.82) is 5.26 Å². The number of amides is 1. The summed E-state index contributed by atoms with van der Waals surface area (Å²) in [7, 11) is 1.34. The number of nitrogens with zero attached hydrogens (tertiary/aromatic N) is 4. The summed E-state index contributed by atoms with van der Waals surface area (Å²) in [5.74, 6) is -0.397. The van der Waals surface area contributed by atoms with Gasteiger partial charge in [0.1, 0.15) is 0 Å². The van der Waals surface area contributed by atoms with Crippen LogP contribution in [0.3, 0.4) is 0 Å². The van der Waals surface area contributed by atoms with Crippen molar-refractivity contribution >= 4 is 11.6 Å². The molecule has 31 heavy (non-hydrogen) atoms. The minimum atomic E-state index is -0.397. The predicted octanol–water partition coefficient (Wildman–Crippen LogP) is 2.85. The first-order valence-electron chi connectivity index (χ1n) is 10.7. The van der Waals surface area contributed by atoms with Gasteiger partial charge in [-0.3, -0.25) is 14.9 Å². The molecule has 2 aliphatic heterocycles. The van der Waals surface area contributed by atoms with E-state index in [0.29, 0.717) is 22.8 Å². The summed E-state index contributed by atoms with van der Waals surface area (Å²) < 4.78 is 6.05. The van der Waals surface area contributed by atoms with Gasteiger partial charge in [0.2, 0.25) is 0 Å². The highest BCUT2D eigenvalue weighted by atomic mass is 16.5. The molecule has 0 spiro atoms. The molecule has 0 bridgehead atoms. The van der Waals surface area contributed by atoms with Crippen LogP contribution in [0.2, 0.25) is 0 Å². The van der Waals surface area contributed by atoms with Crippen molar-refractivity contribution in [3.05, 3.63) is 64.7 Å². The second kappa shape index (κ2) is 9.48. The topological polar surface area (TPSA) is 80.0 Å². The minimum Gasteiger partial charge on any atom is -0.373 e. The van der Waals surface area contributed by atoms with Crippen LogP contribution < -0.4 is 4.90 Å². The summed E-state index contributed by atoms with van der Waals surface area (Å²) in [4.78, 5) is 16.9. The number of fused-ring (bicyclic) bond motifs is 1. The van der Waals surface area contributed by atoms with Gasteiger partial charge in [0, 0.05) is 51.0 Å². The lowest BCUT2D eigenvalue weighted by molar-refractivity contribution is -0.0375. The number of hydrogen-bond acceptors (Lipinski definition) is 6. The molecule has 0 aromatic heterocycles. The molecule has 0 radical (unpaired) electrons. The number of nitriles is 1. The van der Waals surface area contributed by atoms with Crippen LogP contribution in [-0.4, -0.2) is 67.5 Å². The van der Waals surface area contributed by atoms with Crippen molar-refractivity contribution in [3.63, 3.8) is 0 Å². The lowest BCUT2D eigenvalue weighted by atomic mass is 9.93. The zero-order valence-corrected chi connectivity index (χ0v) is 17.8. The van der Waals surface area contributed by atoms with Gasteiger partial charge >= 0.3 is 0 Å². The van der Waals surface area contributed by atoms with E-state index in [1.807, 2.05) is 36.4 Å². The standard InChI is InChI=1S/C24H28N4O3/c1-26(30)24(29)20-4-7-22-19(16-20)9-15-31-23(22)8-10-27-11-13-28(14-12-27)21-5-2-18(17-25)3-6-21/h2-7,16,23,30H,8-15H2,1H3/t23-/m0/s1. The van der Waals surface area contributed by atoms with Crippen LogP contribution in [0.1, 0.15) is 39.6 Å². The Morgan fingerprint density at radius 1 is 1.19 bits per heavy atom. The molecule has 2 heterocycles. The fourth-order valence-corrected chi connectivity index (χ4v) is 4.37. The molecule has 0 saturated carbocycles. The van der Waals surface area contributed by atoms with Gasteiger partial charge in [-0.2, -0.15) is 5.26 Å². The average Bonchev–Trinajstić information content (AvgIpc) is 2.82. The summed E-state index contributed by atoms with van der Waals surface area (Å²) in [5, 5.41) is 19.0. The van der Waals surface area contributed by atoms with E-state index >= 15 is 0 Å². The van der Waals surface area contributed by atoms with E-state index in [1.165, 1.54) is 12.7 Å². The maximum absolute atomic E-state index is 12.0. The van der Waals surface area contributed by atoms with Crippen molar-refractivity contribution in [2.45, 2.75) is 18.9 Å². The van der Waals surface area contributed by atoms with E-state index in [2.05, 4.69) is 15.9 Å². The molecule has 1 N–H and O–H groups in total. The number of hydroxylamine groups is 2. The van der Waals surface area contributed by atoms with E-state index in [4.69, 9.17) is 10.00 Å². The smallest absolute Gasteiger partial charge is 0.276 e. The Balaban J connectivity index is 1.31. The highest BCUT2D eigenvalue weighted by molar-refractivity contribution is 5.93. The lowest BCUT2D eigenvalue weighted by Crippen LogP contribution is -2.46. The second-order valence-corrected chi connectivity index (χ2v) is 8.13. The van der Waals surface area contributed by atoms with Crippen LogP contribution >= 0.6 is 0 Å². The van der Waals surface area contributed by atoms with Crippen molar-refractivity contribution in [2.75, 3.05) is 51.3 Å². The summed E-state index contributed by atoms with van der Waals surface area (Å²) in [5.41, 5.74) is 4.65. The lowest BCUT2D eigenvalue weighted by Gasteiger charge is -2.37. The summed E-state index contributed by atoms with van der Waals surface area (Å²) in [6.07, 6.45) is 1.74. The van der Waals surface area contributed by atoms with Gasteiger partial charge < -0.3 is 9.64 Å². The molecule has 4 rings (SSSR count). The number of carbonyl (C=O) groups excluding carboxylic acids is 1. The summed E-state index contributed by atoms with van der Waals surface area (Å²) in [6.45, 7) is 5.54. The normalized spacial score (nSPS) is 18.9. The highest BCUT2D eigenvalue weighted by Crippen LogP contribution is 2.31. The Hall–Kier alpha value is -2.92. The Bertz CT molecular complexity index is 960. The fraction of sp³-hybridized carbons (Fsp3) is 0.417. The van der Waals surface area contributed by atoms with Gasteiger partial charge in [-0.1, -0.05) is 6.07 Å². The SMILES string of the molecule is CN(O)C(=O)c1ccc2c(c1)CCO[C@H]2CCN1CCN(c2ccc(C#N)cc2)CC1. The molecule has 162 valence electrons. The van der Waals surface area contributed by atoms with Gasteiger partial charge in [-0.05, 0) is 60.4 Å². The Morgan fingerprint density at radius 3 is 2.61 bits per heavy atom. The number of anilines is 1. The monoisotopic (exact) mass is 420 g/mol. The van der Waals surface area contributed by atoms with Gasteiger partial charge in [-0.15, -0.1) is 0 Å². The van der Waals surface area contributed by atoms with E-state index < -0.39 is 5.91 Å². The van der Waals surface area contributed by atoms with E-state index in [9.17, 15) is 10.0 Å². The first-order chi connectivity index (χ1) is 15.0. The van der Waals surface area contributed by atoms with Crippen LogP contribution in [0.4, 0.5) is 5.69 Å². The molecule has 1 amide bonds. The van der Waals surface area contributed by atoms with Gasteiger partial charge in [-0.25, -0.2) is 5.06 Å². The first kappa shape index (κ1) is 21.3. The molecule has 2 aromatic carbocycles. The third kappa shape index (κ3) is 4.88. The molecule has 7 nitrogen and oxygen atoms in total. The Labute approximate surface area is 183 Å². The Morgan fingerprint density at radius 2 is 1.94 bits per heavy atom. The van der Waals surface area contributed by atoms with E-state index in [0.717, 1.165) is 56.7 Å². The van der Waals surface area contributed by atoms with Gasteiger partial charge in [0.15, 0.2) is 0 Å². The molecule has 7 heteroatoms.